The molecule has 0 saturated heterocycles. The summed E-state index contributed by atoms with van der Waals surface area (Å²) >= 11 is 0. The van der Waals surface area contributed by atoms with Crippen LogP contribution in [-0.4, -0.2) is 19.6 Å². The van der Waals surface area contributed by atoms with E-state index in [-0.39, 0.29) is 5.91 Å². The highest BCUT2D eigenvalue weighted by Crippen LogP contribution is 2.20. The number of anilines is 1. The number of nitrogens with one attached hydrogen (secondary N) is 1. The Morgan fingerprint density at radius 3 is 2.50 bits per heavy atom. The molecule has 0 spiro atoms. The molecule has 0 unspecified atom stereocenters. The van der Waals surface area contributed by atoms with Crippen LogP contribution in [0.1, 0.15) is 18.9 Å². The Bertz CT molecular complexity index is 608. The van der Waals surface area contributed by atoms with Gasteiger partial charge in [0.1, 0.15) is 11.5 Å². The maximum Gasteiger partial charge on any atom is 0.224 e. The van der Waals surface area contributed by atoms with Crippen molar-refractivity contribution < 1.29 is 14.3 Å². The first-order valence-electron chi connectivity index (χ1n) is 7.37. The van der Waals surface area contributed by atoms with Crippen LogP contribution in [0.15, 0.2) is 48.5 Å². The van der Waals surface area contributed by atoms with Crippen LogP contribution < -0.4 is 14.8 Å². The van der Waals surface area contributed by atoms with Gasteiger partial charge in [0.2, 0.25) is 5.91 Å². The van der Waals surface area contributed by atoms with E-state index in [0.717, 1.165) is 22.7 Å². The van der Waals surface area contributed by atoms with Gasteiger partial charge in [0.05, 0.1) is 13.7 Å². The van der Waals surface area contributed by atoms with E-state index in [4.69, 9.17) is 9.47 Å². The third-order valence-corrected chi connectivity index (χ3v) is 3.26. The number of hydrogen-bond acceptors (Lipinski definition) is 3. The van der Waals surface area contributed by atoms with Crippen LogP contribution in [0.2, 0.25) is 0 Å². The monoisotopic (exact) mass is 299 g/mol. The fourth-order valence-corrected chi connectivity index (χ4v) is 2.18. The van der Waals surface area contributed by atoms with Gasteiger partial charge in [0.25, 0.3) is 0 Å². The Labute approximate surface area is 131 Å². The van der Waals surface area contributed by atoms with E-state index >= 15 is 0 Å². The van der Waals surface area contributed by atoms with E-state index in [1.54, 1.807) is 7.11 Å². The number of para-hydroxylation sites is 1. The van der Waals surface area contributed by atoms with Crippen molar-refractivity contribution in [3.63, 3.8) is 0 Å². The topological polar surface area (TPSA) is 47.6 Å². The van der Waals surface area contributed by atoms with E-state index < -0.39 is 0 Å². The van der Waals surface area contributed by atoms with Crippen molar-refractivity contribution in [1.29, 1.82) is 0 Å². The van der Waals surface area contributed by atoms with E-state index in [0.29, 0.717) is 19.4 Å². The van der Waals surface area contributed by atoms with Crippen molar-refractivity contribution in [2.45, 2.75) is 19.8 Å². The third-order valence-electron chi connectivity index (χ3n) is 3.26. The van der Waals surface area contributed by atoms with E-state index in [9.17, 15) is 4.79 Å². The minimum Gasteiger partial charge on any atom is -0.496 e. The number of ether oxygens (including phenoxy) is 2. The summed E-state index contributed by atoms with van der Waals surface area (Å²) in [6.45, 7) is 2.57. The predicted molar refractivity (Wildman–Crippen MR) is 87.6 cm³/mol. The van der Waals surface area contributed by atoms with Crippen molar-refractivity contribution in [1.82, 2.24) is 0 Å². The quantitative estimate of drug-likeness (QED) is 0.848. The Hall–Kier alpha value is -2.49. The van der Waals surface area contributed by atoms with Crippen LogP contribution in [0, 0.1) is 0 Å². The zero-order valence-corrected chi connectivity index (χ0v) is 13.0. The molecule has 2 rings (SSSR count). The van der Waals surface area contributed by atoms with Gasteiger partial charge in [-0.15, -0.1) is 0 Å². The van der Waals surface area contributed by atoms with Gasteiger partial charge in [-0.3, -0.25) is 4.79 Å². The number of carbonyl (C=O) groups excluding carboxylic acids is 1. The third kappa shape index (κ3) is 4.52. The van der Waals surface area contributed by atoms with Crippen LogP contribution >= 0.6 is 0 Å². The Kier molecular flexibility index (Phi) is 5.83. The van der Waals surface area contributed by atoms with Crippen LogP contribution in [0.5, 0.6) is 11.5 Å². The van der Waals surface area contributed by atoms with Crippen LogP contribution in [0.25, 0.3) is 0 Å². The van der Waals surface area contributed by atoms with Crippen molar-refractivity contribution in [2.75, 3.05) is 19.0 Å². The molecule has 0 heterocycles. The number of benzene rings is 2. The van der Waals surface area contributed by atoms with Crippen molar-refractivity contribution in [2.24, 2.45) is 0 Å². The highest BCUT2D eigenvalue weighted by Gasteiger charge is 2.06. The molecule has 116 valence electrons. The van der Waals surface area contributed by atoms with Gasteiger partial charge in [0, 0.05) is 12.1 Å². The summed E-state index contributed by atoms with van der Waals surface area (Å²) in [5.74, 6) is 1.60. The minimum atomic E-state index is -0.0185. The summed E-state index contributed by atoms with van der Waals surface area (Å²) in [6.07, 6.45) is 1.06. The lowest BCUT2D eigenvalue weighted by Crippen LogP contribution is -2.12. The maximum absolute atomic E-state index is 12.0. The highest BCUT2D eigenvalue weighted by molar-refractivity contribution is 5.90. The molecular weight excluding hydrogens is 278 g/mol. The van der Waals surface area contributed by atoms with Gasteiger partial charge < -0.3 is 14.8 Å². The van der Waals surface area contributed by atoms with Gasteiger partial charge in [-0.2, -0.15) is 0 Å². The van der Waals surface area contributed by atoms with Gasteiger partial charge in [-0.05, 0) is 49.2 Å². The zero-order chi connectivity index (χ0) is 15.8. The maximum atomic E-state index is 12.0. The summed E-state index contributed by atoms with van der Waals surface area (Å²) in [5.41, 5.74) is 1.81. The smallest absolute Gasteiger partial charge is 0.224 e. The lowest BCUT2D eigenvalue weighted by molar-refractivity contribution is -0.116. The normalized spacial score (nSPS) is 10.1. The number of carbonyl (C=O) groups is 1. The summed E-state index contributed by atoms with van der Waals surface area (Å²) in [5, 5.41) is 2.88. The fraction of sp³-hybridized carbons (Fsp3) is 0.278. The minimum absolute atomic E-state index is 0.0185. The van der Waals surface area contributed by atoms with Gasteiger partial charge in [0.15, 0.2) is 0 Å². The van der Waals surface area contributed by atoms with Gasteiger partial charge in [-0.1, -0.05) is 18.2 Å². The molecule has 1 amide bonds. The zero-order valence-electron chi connectivity index (χ0n) is 13.0. The molecule has 0 aromatic heterocycles. The summed E-state index contributed by atoms with van der Waals surface area (Å²) < 4.78 is 10.7. The lowest BCUT2D eigenvalue weighted by Gasteiger charge is -2.09. The Morgan fingerprint density at radius 1 is 1.09 bits per heavy atom. The fourth-order valence-electron chi connectivity index (χ4n) is 2.18. The molecule has 4 nitrogen and oxygen atoms in total. The molecule has 22 heavy (non-hydrogen) atoms. The molecule has 0 aliphatic heterocycles. The second-order valence-electron chi connectivity index (χ2n) is 4.82. The number of amides is 1. The number of rotatable bonds is 7. The second kappa shape index (κ2) is 8.08. The largest absolute Gasteiger partial charge is 0.496 e. The molecule has 4 heteroatoms. The second-order valence-corrected chi connectivity index (χ2v) is 4.82. The SMILES string of the molecule is CCOc1ccc(NC(=O)CCc2ccccc2OC)cc1. The molecule has 0 aliphatic rings. The van der Waals surface area contributed by atoms with Gasteiger partial charge >= 0.3 is 0 Å². The first-order chi connectivity index (χ1) is 10.7. The molecular formula is C18H21NO3. The van der Waals surface area contributed by atoms with Crippen molar-refractivity contribution >= 4 is 11.6 Å². The van der Waals surface area contributed by atoms with E-state index in [1.165, 1.54) is 0 Å². The van der Waals surface area contributed by atoms with Crippen LogP contribution in [0.3, 0.4) is 0 Å². The molecule has 0 saturated carbocycles. The van der Waals surface area contributed by atoms with E-state index in [2.05, 4.69) is 5.32 Å². The van der Waals surface area contributed by atoms with Gasteiger partial charge in [-0.25, -0.2) is 0 Å². The number of methoxy groups -OCH3 is 1. The van der Waals surface area contributed by atoms with Crippen LogP contribution in [0.4, 0.5) is 5.69 Å². The molecule has 0 radical (unpaired) electrons. The first-order valence-corrected chi connectivity index (χ1v) is 7.37. The first kappa shape index (κ1) is 15.9. The molecule has 0 atom stereocenters. The lowest BCUT2D eigenvalue weighted by atomic mass is 10.1. The Morgan fingerprint density at radius 2 is 1.82 bits per heavy atom. The summed E-state index contributed by atoms with van der Waals surface area (Å²) in [4.78, 5) is 12.0. The Balaban J connectivity index is 1.87. The highest BCUT2D eigenvalue weighted by atomic mass is 16.5. The molecule has 2 aromatic carbocycles. The summed E-state index contributed by atoms with van der Waals surface area (Å²) in [6, 6.07) is 15.1. The van der Waals surface area contributed by atoms with Crippen LogP contribution in [-0.2, 0) is 11.2 Å². The number of hydrogen-bond donors (Lipinski definition) is 1. The molecule has 2 aromatic rings. The van der Waals surface area contributed by atoms with Crippen molar-refractivity contribution in [3.8, 4) is 11.5 Å². The molecule has 1 N–H and O–H groups in total. The number of aryl methyl sites for hydroxylation is 1. The predicted octanol–water partition coefficient (Wildman–Crippen LogP) is 3.67. The molecule has 0 aliphatic carbocycles. The average Bonchev–Trinajstić information content (AvgIpc) is 2.55. The van der Waals surface area contributed by atoms with E-state index in [1.807, 2.05) is 55.5 Å². The molecule has 0 bridgehead atoms. The summed E-state index contributed by atoms with van der Waals surface area (Å²) in [7, 11) is 1.64. The molecule has 0 fully saturated rings. The average molecular weight is 299 g/mol. The van der Waals surface area contributed by atoms with Crippen molar-refractivity contribution in [3.05, 3.63) is 54.1 Å². The standard InChI is InChI=1S/C18H21NO3/c1-3-22-16-11-9-15(10-12-16)19-18(20)13-8-14-6-4-5-7-17(14)21-2/h4-7,9-12H,3,8,13H2,1-2H3,(H,19,20).